The molecule has 0 radical (unpaired) electrons. The molecule has 2 saturated carbocycles. The van der Waals surface area contributed by atoms with Crippen LogP contribution in [0.15, 0.2) is 9.59 Å². The fourth-order valence-electron chi connectivity index (χ4n) is 6.07. The molecule has 1 aromatic heterocycles. The lowest BCUT2D eigenvalue weighted by molar-refractivity contribution is -0.0457. The number of nitrogens with one attached hydrogen (secondary N) is 1. The second-order valence-electron chi connectivity index (χ2n) is 9.81. The molecule has 5 rings (SSSR count). The van der Waals surface area contributed by atoms with Gasteiger partial charge >= 0.3 is 5.69 Å². The fourth-order valence-corrected chi connectivity index (χ4v) is 6.07. The number of methoxy groups -OCH3 is 1. The van der Waals surface area contributed by atoms with Gasteiger partial charge in [0.05, 0.1) is 23.7 Å². The van der Waals surface area contributed by atoms with Crippen molar-refractivity contribution < 1.29 is 26.7 Å². The highest BCUT2D eigenvalue weighted by atomic mass is 19.3. The van der Waals surface area contributed by atoms with E-state index in [1.165, 1.54) is 16.6 Å². The molecule has 4 aliphatic rings. The number of fused-ring (bicyclic) bond motifs is 2. The second-order valence-corrected chi connectivity index (χ2v) is 9.81. The van der Waals surface area contributed by atoms with Crippen molar-refractivity contribution in [3.8, 4) is 0 Å². The molecule has 1 aromatic rings. The number of likely N-dealkylation sites (tertiary alicyclic amines) is 1. The minimum Gasteiger partial charge on any atom is -0.497 e. The van der Waals surface area contributed by atoms with Gasteiger partial charge in [0, 0.05) is 31.1 Å². The molecule has 7 nitrogen and oxygen atoms in total. The Bertz CT molecular complexity index is 1220. The molecule has 34 heavy (non-hydrogen) atoms. The van der Waals surface area contributed by atoms with Crippen molar-refractivity contribution in [1.82, 2.24) is 14.5 Å². The first-order chi connectivity index (χ1) is 16.1. The van der Waals surface area contributed by atoms with Crippen LogP contribution in [0.25, 0.3) is 11.3 Å². The molecule has 0 spiro atoms. The monoisotopic (exact) mass is 490 g/mol. The normalized spacial score (nSPS) is 33.6. The van der Waals surface area contributed by atoms with Crippen molar-refractivity contribution in [2.45, 2.75) is 68.7 Å². The number of alkyl halides is 5. The third-order valence-corrected chi connectivity index (χ3v) is 7.82. The van der Waals surface area contributed by atoms with E-state index in [2.05, 4.69) is 0 Å². The van der Waals surface area contributed by atoms with E-state index in [9.17, 15) is 27.2 Å². The van der Waals surface area contributed by atoms with Gasteiger partial charge in [0.1, 0.15) is 11.8 Å². The number of nitrogens with two attached hydrogens (primary N) is 1. The summed E-state index contributed by atoms with van der Waals surface area (Å²) in [5.74, 6) is -4.09. The average molecular weight is 490 g/mol. The van der Waals surface area contributed by atoms with E-state index in [-0.39, 0.29) is 49.0 Å². The number of aromatic amines is 1. The van der Waals surface area contributed by atoms with Crippen LogP contribution in [-0.2, 0) is 4.74 Å². The molecular weight excluding hydrogens is 463 g/mol. The number of hydrogen-bond acceptors (Lipinski definition) is 5. The van der Waals surface area contributed by atoms with Crippen LogP contribution >= 0.6 is 0 Å². The number of H-pyrrole nitrogens is 1. The van der Waals surface area contributed by atoms with Crippen LogP contribution in [-0.4, -0.2) is 65.3 Å². The molecule has 188 valence electrons. The highest BCUT2D eigenvalue weighted by Gasteiger charge is 2.53. The van der Waals surface area contributed by atoms with Crippen LogP contribution in [0.3, 0.4) is 0 Å². The molecule has 2 heterocycles. The summed E-state index contributed by atoms with van der Waals surface area (Å²) in [4.78, 5) is 28.8. The van der Waals surface area contributed by atoms with E-state index in [0.717, 1.165) is 0 Å². The van der Waals surface area contributed by atoms with E-state index in [1.807, 2.05) is 4.98 Å². The van der Waals surface area contributed by atoms with Crippen LogP contribution in [0.4, 0.5) is 22.0 Å². The largest absolute Gasteiger partial charge is 0.497 e. The minimum atomic E-state index is -3.31. The zero-order valence-electron chi connectivity index (χ0n) is 18.6. The molecule has 3 aliphatic carbocycles. The number of nitrogens with zero attached hydrogens (tertiary/aromatic N) is 2. The highest BCUT2D eigenvalue weighted by molar-refractivity contribution is 5.63. The maximum absolute atomic E-state index is 15.9. The topological polar surface area (TPSA) is 93.3 Å². The van der Waals surface area contributed by atoms with Crippen LogP contribution in [0.1, 0.15) is 38.1 Å². The fraction of sp³-hybridized carbons (Fsp3) is 0.727. The van der Waals surface area contributed by atoms with Crippen molar-refractivity contribution in [3.63, 3.8) is 0 Å². The standard InChI is InChI=1S/C22H27F5N4O3/c1-34-17-15-13(20(32)29-21(33)31(15)10-4-5-10)12(19(24)25)14(23)16(17)30-7-9-3-2-6-22(26,27)18(28)11(9)8-30/h9-11,14,16,18-19H,2-8,28H2,1H3,(H,29,32,33). The predicted molar refractivity (Wildman–Crippen MR) is 113 cm³/mol. The number of halogens is 5. The lowest BCUT2D eigenvalue weighted by atomic mass is 9.87. The molecule has 5 atom stereocenters. The quantitative estimate of drug-likeness (QED) is 0.599. The first-order valence-corrected chi connectivity index (χ1v) is 11.5. The Morgan fingerprint density at radius 3 is 2.50 bits per heavy atom. The van der Waals surface area contributed by atoms with Crippen molar-refractivity contribution in [2.24, 2.45) is 17.6 Å². The number of rotatable bonds is 4. The van der Waals surface area contributed by atoms with Gasteiger partial charge in [0.25, 0.3) is 17.9 Å². The van der Waals surface area contributed by atoms with Crippen LogP contribution in [0.5, 0.6) is 0 Å². The SMILES string of the molecule is COC1=c2c(c(=O)[nH]c(=O)n2C2CC2)=C(C(F)F)C(F)C1N1CC2CCCC(F)(F)C(N)C2C1. The van der Waals surface area contributed by atoms with Crippen molar-refractivity contribution in [1.29, 1.82) is 0 Å². The van der Waals surface area contributed by atoms with Crippen molar-refractivity contribution >= 4 is 11.3 Å². The Kier molecular flexibility index (Phi) is 5.66. The highest BCUT2D eigenvalue weighted by Crippen LogP contribution is 2.43. The molecule has 1 aliphatic heterocycles. The van der Waals surface area contributed by atoms with Crippen LogP contribution < -0.4 is 27.6 Å². The van der Waals surface area contributed by atoms with Crippen molar-refractivity contribution in [2.75, 3.05) is 20.2 Å². The Hall–Kier alpha value is -2.21. The summed E-state index contributed by atoms with van der Waals surface area (Å²) in [6.07, 6.45) is -4.03. The average Bonchev–Trinajstić information content (AvgIpc) is 3.52. The molecular formula is C22H27F5N4O3. The summed E-state index contributed by atoms with van der Waals surface area (Å²) in [5.41, 5.74) is 3.04. The van der Waals surface area contributed by atoms with Gasteiger partial charge < -0.3 is 10.5 Å². The van der Waals surface area contributed by atoms with E-state index in [4.69, 9.17) is 10.5 Å². The summed E-state index contributed by atoms with van der Waals surface area (Å²) in [7, 11) is 1.23. The molecule has 0 amide bonds. The molecule has 1 saturated heterocycles. The minimum absolute atomic E-state index is 0.0257. The molecule has 0 aromatic carbocycles. The summed E-state index contributed by atoms with van der Waals surface area (Å²) in [5, 5.41) is -0.728. The Morgan fingerprint density at radius 2 is 1.88 bits per heavy atom. The molecule has 5 unspecified atom stereocenters. The zero-order valence-corrected chi connectivity index (χ0v) is 18.6. The Balaban J connectivity index is 1.70. The van der Waals surface area contributed by atoms with Gasteiger partial charge in [-0.25, -0.2) is 26.7 Å². The Morgan fingerprint density at radius 1 is 1.18 bits per heavy atom. The molecule has 3 N–H and O–H groups in total. The van der Waals surface area contributed by atoms with E-state index in [1.54, 1.807) is 0 Å². The smallest absolute Gasteiger partial charge is 0.329 e. The van der Waals surface area contributed by atoms with Gasteiger partial charge in [0.2, 0.25) is 0 Å². The first kappa shape index (κ1) is 23.5. The van der Waals surface area contributed by atoms with Gasteiger partial charge in [-0.05, 0) is 37.5 Å². The number of ether oxygens (including phenoxy) is 1. The third-order valence-electron chi connectivity index (χ3n) is 7.82. The van der Waals surface area contributed by atoms with Crippen LogP contribution in [0, 0.1) is 11.8 Å². The maximum Gasteiger partial charge on any atom is 0.329 e. The van der Waals surface area contributed by atoms with E-state index >= 15 is 4.39 Å². The van der Waals surface area contributed by atoms with Gasteiger partial charge in [-0.3, -0.25) is 19.2 Å². The molecule has 3 fully saturated rings. The summed E-state index contributed by atoms with van der Waals surface area (Å²) >= 11 is 0. The van der Waals surface area contributed by atoms with Gasteiger partial charge in [-0.1, -0.05) is 0 Å². The van der Waals surface area contributed by atoms with Gasteiger partial charge in [-0.15, -0.1) is 0 Å². The second kappa shape index (κ2) is 8.18. The van der Waals surface area contributed by atoms with Crippen LogP contribution in [0.2, 0.25) is 0 Å². The van der Waals surface area contributed by atoms with Gasteiger partial charge in [-0.2, -0.15) is 0 Å². The lowest BCUT2D eigenvalue weighted by Gasteiger charge is -2.36. The third kappa shape index (κ3) is 3.52. The number of aromatic nitrogens is 2. The van der Waals surface area contributed by atoms with Crippen molar-refractivity contribution in [3.05, 3.63) is 31.4 Å². The molecule has 12 heteroatoms. The number of hydrogen-bond donors (Lipinski definition) is 2. The van der Waals surface area contributed by atoms with E-state index < -0.39 is 58.6 Å². The zero-order chi connectivity index (χ0) is 24.5. The molecule has 0 bridgehead atoms. The summed E-state index contributed by atoms with van der Waals surface area (Å²) < 4.78 is 79.9. The predicted octanol–water partition coefficient (Wildman–Crippen LogP) is 0.457. The van der Waals surface area contributed by atoms with Gasteiger partial charge in [0.15, 0.2) is 6.17 Å². The lowest BCUT2D eigenvalue weighted by Crippen LogP contribution is -2.63. The first-order valence-electron chi connectivity index (χ1n) is 11.5. The summed E-state index contributed by atoms with van der Waals surface area (Å²) in [6, 6.07) is -3.15. The Labute approximate surface area is 191 Å². The summed E-state index contributed by atoms with van der Waals surface area (Å²) in [6.45, 7) is 0.150. The van der Waals surface area contributed by atoms with E-state index in [0.29, 0.717) is 19.3 Å². The maximum atomic E-state index is 15.9.